The zero-order valence-electron chi connectivity index (χ0n) is 8.86. The Hall–Kier alpha value is -1.77. The minimum Gasteiger partial charge on any atom is -0.482 e. The van der Waals surface area contributed by atoms with Gasteiger partial charge in [-0.3, -0.25) is 9.69 Å². The summed E-state index contributed by atoms with van der Waals surface area (Å²) in [6, 6.07) is 7.80. The van der Waals surface area contributed by atoms with Crippen molar-refractivity contribution in [2.75, 3.05) is 12.0 Å². The van der Waals surface area contributed by atoms with Crippen LogP contribution in [0.5, 0.6) is 0 Å². The fourth-order valence-electron chi connectivity index (χ4n) is 1.62. The van der Waals surface area contributed by atoms with E-state index in [0.29, 0.717) is 12.3 Å². The molecule has 1 aromatic carbocycles. The zero-order valence-corrected chi connectivity index (χ0v) is 8.86. The van der Waals surface area contributed by atoms with E-state index in [4.69, 9.17) is 4.74 Å². The minimum atomic E-state index is 0.0516. The number of rotatable bonds is 2. The summed E-state index contributed by atoms with van der Waals surface area (Å²) in [5.74, 6) is 0.666. The first-order valence-corrected chi connectivity index (χ1v) is 4.86. The van der Waals surface area contributed by atoms with Crippen molar-refractivity contribution in [1.82, 2.24) is 0 Å². The van der Waals surface area contributed by atoms with Gasteiger partial charge in [-0.1, -0.05) is 17.7 Å². The number of anilines is 1. The third-order valence-electron chi connectivity index (χ3n) is 2.42. The summed E-state index contributed by atoms with van der Waals surface area (Å²) < 4.78 is 5.15. The molecular weight excluding hydrogens is 190 g/mol. The zero-order chi connectivity index (χ0) is 10.8. The lowest BCUT2D eigenvalue weighted by molar-refractivity contribution is -0.117. The van der Waals surface area contributed by atoms with Gasteiger partial charge in [0, 0.05) is 0 Å². The molecule has 0 unspecified atom stereocenters. The second-order valence-electron chi connectivity index (χ2n) is 3.52. The molecule has 0 N–H and O–H groups in total. The molecule has 2 rings (SSSR count). The fourth-order valence-corrected chi connectivity index (χ4v) is 1.62. The Labute approximate surface area is 89.0 Å². The van der Waals surface area contributed by atoms with Crippen molar-refractivity contribution in [2.24, 2.45) is 0 Å². The predicted octanol–water partition coefficient (Wildman–Crippen LogP) is 2.22. The van der Waals surface area contributed by atoms with Crippen molar-refractivity contribution < 1.29 is 9.53 Å². The van der Waals surface area contributed by atoms with Crippen molar-refractivity contribution in [3.05, 3.63) is 41.8 Å². The van der Waals surface area contributed by atoms with Crippen LogP contribution in [0.15, 0.2) is 36.2 Å². The summed E-state index contributed by atoms with van der Waals surface area (Å²) in [4.78, 5) is 13.2. The maximum Gasteiger partial charge on any atom is 0.237 e. The Morgan fingerprint density at radius 2 is 1.93 bits per heavy atom. The van der Waals surface area contributed by atoms with Crippen molar-refractivity contribution in [3.8, 4) is 0 Å². The molecule has 0 aromatic heterocycles. The third kappa shape index (κ3) is 1.73. The Kier molecular flexibility index (Phi) is 2.46. The fraction of sp³-hybridized carbons (Fsp3) is 0.250. The molecule has 1 aliphatic rings. The lowest BCUT2D eigenvalue weighted by Gasteiger charge is -2.19. The molecule has 0 atom stereocenters. The number of carbonyl (C=O) groups is 1. The van der Waals surface area contributed by atoms with Crippen molar-refractivity contribution in [2.45, 2.75) is 13.3 Å². The highest BCUT2D eigenvalue weighted by Gasteiger charge is 2.25. The van der Waals surface area contributed by atoms with Gasteiger partial charge in [0.1, 0.15) is 0 Å². The quantitative estimate of drug-likeness (QED) is 0.737. The average molecular weight is 203 g/mol. The first-order valence-electron chi connectivity index (χ1n) is 4.86. The summed E-state index contributed by atoms with van der Waals surface area (Å²) in [5, 5.41) is 0. The minimum absolute atomic E-state index is 0.0516. The Morgan fingerprint density at radius 1 is 1.27 bits per heavy atom. The van der Waals surface area contributed by atoms with E-state index in [0.717, 1.165) is 5.69 Å². The molecule has 1 aliphatic heterocycles. The number of aryl methyl sites for hydroxylation is 1. The smallest absolute Gasteiger partial charge is 0.237 e. The Morgan fingerprint density at radius 3 is 2.53 bits per heavy atom. The van der Waals surface area contributed by atoms with Crippen LogP contribution in [-0.4, -0.2) is 13.0 Å². The predicted molar refractivity (Wildman–Crippen MR) is 58.4 cm³/mol. The summed E-state index contributed by atoms with van der Waals surface area (Å²) in [6.07, 6.45) is 2.21. The summed E-state index contributed by atoms with van der Waals surface area (Å²) in [5.41, 5.74) is 2.03. The first-order chi connectivity index (χ1) is 7.22. The number of nitrogens with zero attached hydrogens (tertiary/aromatic N) is 1. The Bertz CT molecular complexity index is 406. The largest absolute Gasteiger partial charge is 0.482 e. The lowest BCUT2D eigenvalue weighted by atomic mass is 10.2. The molecule has 15 heavy (non-hydrogen) atoms. The molecule has 1 amide bonds. The lowest BCUT2D eigenvalue weighted by Crippen LogP contribution is -2.25. The SMILES string of the molecule is COC1=CCC(=O)N1c1ccc(C)cc1. The van der Waals surface area contributed by atoms with E-state index in [-0.39, 0.29) is 5.91 Å². The number of methoxy groups -OCH3 is 1. The molecule has 1 heterocycles. The highest BCUT2D eigenvalue weighted by atomic mass is 16.5. The van der Waals surface area contributed by atoms with Crippen LogP contribution < -0.4 is 4.90 Å². The number of hydrogen-bond acceptors (Lipinski definition) is 2. The molecular formula is C12H13NO2. The van der Waals surface area contributed by atoms with Gasteiger partial charge in [-0.25, -0.2) is 0 Å². The van der Waals surface area contributed by atoms with Gasteiger partial charge < -0.3 is 4.74 Å². The van der Waals surface area contributed by atoms with E-state index in [1.807, 2.05) is 31.2 Å². The van der Waals surface area contributed by atoms with Crippen LogP contribution in [-0.2, 0) is 9.53 Å². The van der Waals surface area contributed by atoms with Gasteiger partial charge in [-0.05, 0) is 25.1 Å². The maximum atomic E-state index is 11.6. The molecule has 0 fully saturated rings. The molecule has 1 aromatic rings. The molecule has 3 heteroatoms. The summed E-state index contributed by atoms with van der Waals surface area (Å²) in [6.45, 7) is 2.02. The number of hydrogen-bond donors (Lipinski definition) is 0. The van der Waals surface area contributed by atoms with Crippen LogP contribution in [0.2, 0.25) is 0 Å². The van der Waals surface area contributed by atoms with Gasteiger partial charge in [0.25, 0.3) is 0 Å². The van der Waals surface area contributed by atoms with E-state index in [1.54, 1.807) is 18.1 Å². The molecule has 0 saturated carbocycles. The van der Waals surface area contributed by atoms with Crippen LogP contribution in [0.1, 0.15) is 12.0 Å². The van der Waals surface area contributed by atoms with Crippen LogP contribution in [0, 0.1) is 6.92 Å². The maximum absolute atomic E-state index is 11.6. The summed E-state index contributed by atoms with van der Waals surface area (Å²) >= 11 is 0. The first kappa shape index (κ1) is 9.77. The van der Waals surface area contributed by atoms with Gasteiger partial charge in [0.2, 0.25) is 5.91 Å². The van der Waals surface area contributed by atoms with E-state index in [1.165, 1.54) is 5.56 Å². The van der Waals surface area contributed by atoms with Crippen LogP contribution in [0.4, 0.5) is 5.69 Å². The second kappa shape index (κ2) is 3.77. The summed E-state index contributed by atoms with van der Waals surface area (Å²) in [7, 11) is 1.58. The van der Waals surface area contributed by atoms with E-state index >= 15 is 0 Å². The van der Waals surface area contributed by atoms with Crippen molar-refractivity contribution in [3.63, 3.8) is 0 Å². The van der Waals surface area contributed by atoms with E-state index in [2.05, 4.69) is 0 Å². The van der Waals surface area contributed by atoms with Gasteiger partial charge in [-0.2, -0.15) is 0 Å². The van der Waals surface area contributed by atoms with Gasteiger partial charge >= 0.3 is 0 Å². The standard InChI is InChI=1S/C12H13NO2/c1-9-3-5-10(6-4-9)13-11(14)7-8-12(13)15-2/h3-6,8H,7H2,1-2H3. The average Bonchev–Trinajstić information content (AvgIpc) is 2.61. The van der Waals surface area contributed by atoms with Gasteiger partial charge in [0.15, 0.2) is 5.88 Å². The highest BCUT2D eigenvalue weighted by molar-refractivity contribution is 5.99. The van der Waals surface area contributed by atoms with Gasteiger partial charge in [0.05, 0.1) is 19.2 Å². The van der Waals surface area contributed by atoms with Crippen LogP contribution >= 0.6 is 0 Å². The molecule has 0 radical (unpaired) electrons. The van der Waals surface area contributed by atoms with Gasteiger partial charge in [-0.15, -0.1) is 0 Å². The molecule has 0 aliphatic carbocycles. The van der Waals surface area contributed by atoms with Crippen molar-refractivity contribution >= 4 is 11.6 Å². The second-order valence-corrected chi connectivity index (χ2v) is 3.52. The number of carbonyl (C=O) groups excluding carboxylic acids is 1. The van der Waals surface area contributed by atoms with E-state index in [9.17, 15) is 4.79 Å². The molecule has 0 spiro atoms. The van der Waals surface area contributed by atoms with Crippen molar-refractivity contribution in [1.29, 1.82) is 0 Å². The monoisotopic (exact) mass is 203 g/mol. The molecule has 78 valence electrons. The van der Waals surface area contributed by atoms with Crippen LogP contribution in [0.25, 0.3) is 0 Å². The number of benzene rings is 1. The number of amides is 1. The number of ether oxygens (including phenoxy) is 1. The topological polar surface area (TPSA) is 29.5 Å². The highest BCUT2D eigenvalue weighted by Crippen LogP contribution is 2.25. The molecule has 3 nitrogen and oxygen atoms in total. The molecule has 0 saturated heterocycles. The Balaban J connectivity index is 2.33. The third-order valence-corrected chi connectivity index (χ3v) is 2.42. The van der Waals surface area contributed by atoms with Crippen LogP contribution in [0.3, 0.4) is 0 Å². The normalized spacial score (nSPS) is 15.5. The molecule has 0 bridgehead atoms. The van der Waals surface area contributed by atoms with E-state index < -0.39 is 0 Å².